The highest BCUT2D eigenvalue weighted by atomic mass is 16.5. The molecule has 0 aliphatic rings. The van der Waals surface area contributed by atoms with Gasteiger partial charge in [-0.1, -0.05) is 25.1 Å². The van der Waals surface area contributed by atoms with Crippen LogP contribution in [0.1, 0.15) is 24.6 Å². The number of ether oxygens (including phenoxy) is 2. The number of hydrogen-bond donors (Lipinski definition) is 1. The Morgan fingerprint density at radius 3 is 2.76 bits per heavy atom. The fourth-order valence-electron chi connectivity index (χ4n) is 1.95. The van der Waals surface area contributed by atoms with Gasteiger partial charge in [0.05, 0.1) is 26.0 Å². The lowest BCUT2D eigenvalue weighted by molar-refractivity contribution is 0.104. The normalized spacial score (nSPS) is 10.4. The molecule has 0 atom stereocenters. The molecule has 0 fully saturated rings. The molecule has 0 bridgehead atoms. The summed E-state index contributed by atoms with van der Waals surface area (Å²) in [5.41, 5.74) is 2.02. The van der Waals surface area contributed by atoms with Gasteiger partial charge in [0, 0.05) is 6.54 Å². The number of hydrogen-bond acceptors (Lipinski definition) is 4. The number of anilines is 1. The van der Waals surface area contributed by atoms with Crippen LogP contribution in [-0.2, 0) is 18.0 Å². The Kier molecular flexibility index (Phi) is 6.03. The monoisotopic (exact) mass is 286 g/mol. The molecular weight excluding hydrogens is 264 g/mol. The molecule has 0 amide bonds. The molecule has 1 heterocycles. The molecule has 0 spiro atoms. The molecule has 0 unspecified atom stereocenters. The Morgan fingerprint density at radius 1 is 1.10 bits per heavy atom. The summed E-state index contributed by atoms with van der Waals surface area (Å²) in [5.74, 6) is 1.75. The predicted molar refractivity (Wildman–Crippen MR) is 84.5 cm³/mol. The quantitative estimate of drug-likeness (QED) is 0.804. The van der Waals surface area contributed by atoms with Crippen molar-refractivity contribution in [3.63, 3.8) is 0 Å². The van der Waals surface area contributed by atoms with E-state index >= 15 is 0 Å². The van der Waals surface area contributed by atoms with E-state index in [1.165, 1.54) is 0 Å². The molecule has 2 rings (SSSR count). The van der Waals surface area contributed by atoms with Crippen molar-refractivity contribution in [2.75, 3.05) is 19.0 Å². The van der Waals surface area contributed by atoms with Gasteiger partial charge in [0.2, 0.25) is 0 Å². The van der Waals surface area contributed by atoms with E-state index in [1.54, 1.807) is 7.11 Å². The van der Waals surface area contributed by atoms with E-state index in [9.17, 15) is 0 Å². The van der Waals surface area contributed by atoms with Gasteiger partial charge in [0.1, 0.15) is 11.6 Å². The molecule has 0 aliphatic carbocycles. The first-order valence-corrected chi connectivity index (χ1v) is 7.22. The van der Waals surface area contributed by atoms with Crippen molar-refractivity contribution >= 4 is 5.82 Å². The summed E-state index contributed by atoms with van der Waals surface area (Å²) < 4.78 is 10.9. The minimum Gasteiger partial charge on any atom is -0.497 e. The molecular formula is C17H22N2O2. The fourth-order valence-corrected chi connectivity index (χ4v) is 1.95. The molecule has 4 heteroatoms. The van der Waals surface area contributed by atoms with Crippen LogP contribution in [0.2, 0.25) is 0 Å². The molecule has 1 aromatic heterocycles. The summed E-state index contributed by atoms with van der Waals surface area (Å²) in [5, 5.41) is 3.27. The maximum Gasteiger partial charge on any atom is 0.126 e. The average Bonchev–Trinajstić information content (AvgIpc) is 2.53. The molecule has 1 N–H and O–H groups in total. The molecule has 4 nitrogen and oxygen atoms in total. The summed E-state index contributed by atoms with van der Waals surface area (Å²) in [6.45, 7) is 4.11. The predicted octanol–water partition coefficient (Wildman–Crippen LogP) is 3.63. The Balaban J connectivity index is 1.85. The van der Waals surface area contributed by atoms with Gasteiger partial charge >= 0.3 is 0 Å². The van der Waals surface area contributed by atoms with Gasteiger partial charge < -0.3 is 14.8 Å². The Bertz CT molecular complexity index is 558. The van der Waals surface area contributed by atoms with E-state index in [2.05, 4.69) is 17.2 Å². The number of aromatic nitrogens is 1. The number of rotatable bonds is 8. The maximum atomic E-state index is 5.72. The summed E-state index contributed by atoms with van der Waals surface area (Å²) in [4.78, 5) is 4.51. The highest BCUT2D eigenvalue weighted by Gasteiger charge is 2.00. The zero-order valence-electron chi connectivity index (χ0n) is 12.6. The second-order valence-electron chi connectivity index (χ2n) is 4.79. The molecule has 0 aliphatic heterocycles. The fraction of sp³-hybridized carbons (Fsp3) is 0.353. The van der Waals surface area contributed by atoms with Crippen molar-refractivity contribution in [2.24, 2.45) is 0 Å². The second kappa shape index (κ2) is 8.27. The van der Waals surface area contributed by atoms with E-state index in [1.807, 2.05) is 42.5 Å². The molecule has 0 saturated carbocycles. The van der Waals surface area contributed by atoms with Crippen molar-refractivity contribution in [3.8, 4) is 5.75 Å². The highest BCUT2D eigenvalue weighted by Crippen LogP contribution is 2.14. The lowest BCUT2D eigenvalue weighted by Gasteiger charge is -2.08. The van der Waals surface area contributed by atoms with Crippen LogP contribution in [-0.4, -0.2) is 18.6 Å². The lowest BCUT2D eigenvalue weighted by atomic mass is 10.2. The van der Waals surface area contributed by atoms with Crippen LogP contribution in [0.15, 0.2) is 42.5 Å². The number of pyridine rings is 1. The second-order valence-corrected chi connectivity index (χ2v) is 4.79. The summed E-state index contributed by atoms with van der Waals surface area (Å²) in [6, 6.07) is 13.8. The SMILES string of the molecule is CCCNc1cccc(COCc2cccc(OC)c2)n1. The minimum absolute atomic E-state index is 0.499. The van der Waals surface area contributed by atoms with Crippen molar-refractivity contribution in [1.82, 2.24) is 4.98 Å². The molecule has 1 aromatic carbocycles. The van der Waals surface area contributed by atoms with E-state index in [4.69, 9.17) is 9.47 Å². The molecule has 0 radical (unpaired) electrons. The zero-order chi connectivity index (χ0) is 14.9. The summed E-state index contributed by atoms with van der Waals surface area (Å²) in [6.07, 6.45) is 1.08. The Labute approximate surface area is 126 Å². The third-order valence-corrected chi connectivity index (χ3v) is 3.02. The molecule has 0 saturated heterocycles. The van der Waals surface area contributed by atoms with E-state index in [0.717, 1.165) is 35.8 Å². The smallest absolute Gasteiger partial charge is 0.126 e. The third kappa shape index (κ3) is 5.08. The van der Waals surface area contributed by atoms with Gasteiger partial charge in [0.15, 0.2) is 0 Å². The Hall–Kier alpha value is -2.07. The number of benzene rings is 1. The molecule has 21 heavy (non-hydrogen) atoms. The summed E-state index contributed by atoms with van der Waals surface area (Å²) in [7, 11) is 1.67. The average molecular weight is 286 g/mol. The molecule has 2 aromatic rings. The van der Waals surface area contributed by atoms with Gasteiger partial charge in [-0.25, -0.2) is 4.98 Å². The first-order chi connectivity index (χ1) is 10.3. The van der Waals surface area contributed by atoms with Crippen LogP contribution in [0.4, 0.5) is 5.82 Å². The topological polar surface area (TPSA) is 43.4 Å². The standard InChI is InChI=1S/C17H22N2O2/c1-3-10-18-17-9-5-7-15(19-17)13-21-12-14-6-4-8-16(11-14)20-2/h4-9,11H,3,10,12-13H2,1-2H3,(H,18,19). The number of nitrogens with one attached hydrogen (secondary N) is 1. The van der Waals surface area contributed by atoms with Crippen molar-refractivity contribution in [3.05, 3.63) is 53.7 Å². The van der Waals surface area contributed by atoms with Crippen LogP contribution >= 0.6 is 0 Å². The molecule has 112 valence electrons. The van der Waals surface area contributed by atoms with Gasteiger partial charge in [-0.3, -0.25) is 0 Å². The van der Waals surface area contributed by atoms with Crippen molar-refractivity contribution < 1.29 is 9.47 Å². The van der Waals surface area contributed by atoms with Crippen LogP contribution in [0, 0.1) is 0 Å². The van der Waals surface area contributed by atoms with Crippen LogP contribution in [0.3, 0.4) is 0 Å². The number of methoxy groups -OCH3 is 1. The zero-order valence-corrected chi connectivity index (χ0v) is 12.6. The van der Waals surface area contributed by atoms with E-state index in [0.29, 0.717) is 13.2 Å². The van der Waals surface area contributed by atoms with Gasteiger partial charge in [-0.15, -0.1) is 0 Å². The first-order valence-electron chi connectivity index (χ1n) is 7.22. The summed E-state index contributed by atoms with van der Waals surface area (Å²) >= 11 is 0. The first kappa shape index (κ1) is 15.3. The van der Waals surface area contributed by atoms with Crippen molar-refractivity contribution in [2.45, 2.75) is 26.6 Å². The van der Waals surface area contributed by atoms with Crippen molar-refractivity contribution in [1.29, 1.82) is 0 Å². The van der Waals surface area contributed by atoms with E-state index in [-0.39, 0.29) is 0 Å². The van der Waals surface area contributed by atoms with Gasteiger partial charge in [-0.2, -0.15) is 0 Å². The maximum absolute atomic E-state index is 5.72. The van der Waals surface area contributed by atoms with Gasteiger partial charge in [0.25, 0.3) is 0 Å². The third-order valence-electron chi connectivity index (χ3n) is 3.02. The van der Waals surface area contributed by atoms with Gasteiger partial charge in [-0.05, 0) is 36.2 Å². The Morgan fingerprint density at radius 2 is 1.95 bits per heavy atom. The minimum atomic E-state index is 0.499. The largest absolute Gasteiger partial charge is 0.497 e. The number of nitrogens with zero attached hydrogens (tertiary/aromatic N) is 1. The van der Waals surface area contributed by atoms with E-state index < -0.39 is 0 Å². The highest BCUT2D eigenvalue weighted by molar-refractivity contribution is 5.35. The lowest BCUT2D eigenvalue weighted by Crippen LogP contribution is -2.04. The van der Waals surface area contributed by atoms with Crippen LogP contribution < -0.4 is 10.1 Å². The van der Waals surface area contributed by atoms with Crippen LogP contribution in [0.5, 0.6) is 5.75 Å². The van der Waals surface area contributed by atoms with Crippen LogP contribution in [0.25, 0.3) is 0 Å².